The molecule has 1 N–H and O–H groups in total. The van der Waals surface area contributed by atoms with Crippen LogP contribution < -0.4 is 14.8 Å². The number of hydrogen-bond acceptors (Lipinski definition) is 6. The Hall–Kier alpha value is -3.26. The predicted molar refractivity (Wildman–Crippen MR) is 104 cm³/mol. The highest BCUT2D eigenvalue weighted by Crippen LogP contribution is 2.33. The number of rotatable bonds is 5. The van der Waals surface area contributed by atoms with E-state index in [-0.39, 0.29) is 19.9 Å². The number of benzene rings is 2. The molecule has 0 radical (unpaired) electrons. The summed E-state index contributed by atoms with van der Waals surface area (Å²) in [5, 5.41) is 2.26. The summed E-state index contributed by atoms with van der Waals surface area (Å²) >= 11 is 0.835. The molecule has 2 aromatic rings. The number of nitrogens with one attached hydrogen (secondary N) is 1. The Kier molecular flexibility index (Phi) is 5.03. The zero-order valence-electron chi connectivity index (χ0n) is 14.7. The van der Waals surface area contributed by atoms with E-state index in [1.807, 2.05) is 36.4 Å². The van der Waals surface area contributed by atoms with Crippen LogP contribution >= 0.6 is 11.8 Å². The zero-order valence-corrected chi connectivity index (χ0v) is 15.5. The fourth-order valence-electron chi connectivity index (χ4n) is 2.79. The first kappa shape index (κ1) is 18.1. The molecular weight excluding hydrogens is 380 g/mol. The molecule has 2 aromatic carbocycles. The topological polar surface area (TPSA) is 84.9 Å². The summed E-state index contributed by atoms with van der Waals surface area (Å²) in [7, 11) is 0. The van der Waals surface area contributed by atoms with Crippen molar-refractivity contribution in [3.8, 4) is 11.5 Å². The van der Waals surface area contributed by atoms with Crippen molar-refractivity contribution in [2.75, 3.05) is 13.3 Å². The maximum absolute atomic E-state index is 12.5. The van der Waals surface area contributed by atoms with E-state index in [9.17, 15) is 14.4 Å². The molecule has 2 aliphatic heterocycles. The highest BCUT2D eigenvalue weighted by molar-refractivity contribution is 8.18. The summed E-state index contributed by atoms with van der Waals surface area (Å²) in [6, 6.07) is 14.6. The Bertz CT molecular complexity index is 974. The lowest BCUT2D eigenvalue weighted by molar-refractivity contribution is -0.129. The van der Waals surface area contributed by atoms with Crippen LogP contribution in [0.25, 0.3) is 6.08 Å². The van der Waals surface area contributed by atoms with Crippen molar-refractivity contribution in [2.45, 2.75) is 6.54 Å². The quantitative estimate of drug-likeness (QED) is 0.783. The van der Waals surface area contributed by atoms with Crippen LogP contribution in [0.3, 0.4) is 0 Å². The van der Waals surface area contributed by atoms with Gasteiger partial charge in [0.1, 0.15) is 6.54 Å². The summed E-state index contributed by atoms with van der Waals surface area (Å²) < 4.78 is 10.5. The molecule has 0 bridgehead atoms. The standard InChI is InChI=1S/C20H16N2O5S/c23-18(21-10-14-6-7-15-16(8-14)27-12-26-15)11-22-19(24)17(28-20(22)25)9-13-4-2-1-3-5-13/h1-9H,10-12H2,(H,21,23)/b17-9+. The van der Waals surface area contributed by atoms with E-state index in [0.717, 1.165) is 27.8 Å². The first-order chi connectivity index (χ1) is 13.6. The molecule has 0 aromatic heterocycles. The highest BCUT2D eigenvalue weighted by Gasteiger charge is 2.36. The van der Waals surface area contributed by atoms with Crippen molar-refractivity contribution in [1.29, 1.82) is 0 Å². The van der Waals surface area contributed by atoms with E-state index in [4.69, 9.17) is 9.47 Å². The number of thioether (sulfide) groups is 1. The van der Waals surface area contributed by atoms with E-state index in [1.54, 1.807) is 18.2 Å². The maximum atomic E-state index is 12.5. The maximum Gasteiger partial charge on any atom is 0.294 e. The highest BCUT2D eigenvalue weighted by atomic mass is 32.2. The van der Waals surface area contributed by atoms with E-state index in [1.165, 1.54) is 0 Å². The number of imide groups is 1. The van der Waals surface area contributed by atoms with Gasteiger partial charge >= 0.3 is 0 Å². The minimum atomic E-state index is -0.461. The predicted octanol–water partition coefficient (Wildman–Crippen LogP) is 2.77. The molecular formula is C20H16N2O5S. The molecule has 0 unspecified atom stereocenters. The molecule has 2 aliphatic rings. The van der Waals surface area contributed by atoms with Gasteiger partial charge in [0.05, 0.1) is 4.91 Å². The molecule has 0 spiro atoms. The van der Waals surface area contributed by atoms with Gasteiger partial charge in [-0.1, -0.05) is 36.4 Å². The van der Waals surface area contributed by atoms with Crippen LogP contribution in [0.5, 0.6) is 11.5 Å². The van der Waals surface area contributed by atoms with Gasteiger partial charge in [0.15, 0.2) is 11.5 Å². The number of hydrogen-bond donors (Lipinski definition) is 1. The second-order valence-corrected chi connectivity index (χ2v) is 7.14. The third-order valence-corrected chi connectivity index (χ3v) is 5.11. The number of nitrogens with zero attached hydrogens (tertiary/aromatic N) is 1. The summed E-state index contributed by atoms with van der Waals surface area (Å²) in [5.41, 5.74) is 1.65. The summed E-state index contributed by atoms with van der Waals surface area (Å²) in [6.07, 6.45) is 1.65. The summed E-state index contributed by atoms with van der Waals surface area (Å²) in [4.78, 5) is 38.1. The van der Waals surface area contributed by atoms with Crippen LogP contribution in [-0.4, -0.2) is 35.3 Å². The van der Waals surface area contributed by atoms with Crippen molar-refractivity contribution in [1.82, 2.24) is 10.2 Å². The van der Waals surface area contributed by atoms with Crippen LogP contribution in [0.15, 0.2) is 53.4 Å². The number of carbonyl (C=O) groups is 3. The summed E-state index contributed by atoms with van der Waals surface area (Å²) in [5.74, 6) is 0.417. The van der Waals surface area contributed by atoms with Gasteiger partial charge in [-0.05, 0) is 41.1 Å². The van der Waals surface area contributed by atoms with Gasteiger partial charge < -0.3 is 14.8 Å². The van der Waals surface area contributed by atoms with Gasteiger partial charge in [-0.15, -0.1) is 0 Å². The molecule has 142 valence electrons. The second-order valence-electron chi connectivity index (χ2n) is 6.14. The Morgan fingerprint density at radius 2 is 1.89 bits per heavy atom. The van der Waals surface area contributed by atoms with Gasteiger partial charge in [-0.2, -0.15) is 0 Å². The fraction of sp³-hybridized carbons (Fsp3) is 0.150. The van der Waals surface area contributed by atoms with Crippen molar-refractivity contribution >= 4 is 34.9 Å². The SMILES string of the molecule is O=C(CN1C(=O)S/C(=C/c2ccccc2)C1=O)NCc1ccc2c(c1)OCO2. The van der Waals surface area contributed by atoms with Gasteiger partial charge in [-0.25, -0.2) is 0 Å². The first-order valence-electron chi connectivity index (χ1n) is 8.56. The van der Waals surface area contributed by atoms with Gasteiger partial charge in [-0.3, -0.25) is 19.3 Å². The molecule has 1 fully saturated rings. The molecule has 7 nitrogen and oxygen atoms in total. The van der Waals surface area contributed by atoms with Gasteiger partial charge in [0.25, 0.3) is 11.1 Å². The molecule has 0 aliphatic carbocycles. The van der Waals surface area contributed by atoms with E-state index in [0.29, 0.717) is 16.4 Å². The number of ether oxygens (including phenoxy) is 2. The zero-order chi connectivity index (χ0) is 19.5. The lowest BCUT2D eigenvalue weighted by atomic mass is 10.2. The largest absolute Gasteiger partial charge is 0.454 e. The normalized spacial score (nSPS) is 16.7. The fourth-order valence-corrected chi connectivity index (χ4v) is 3.63. The number of fused-ring (bicyclic) bond motifs is 1. The monoisotopic (exact) mass is 396 g/mol. The molecule has 0 saturated carbocycles. The molecule has 4 rings (SSSR count). The molecule has 1 saturated heterocycles. The lowest BCUT2D eigenvalue weighted by Gasteiger charge is -2.12. The smallest absolute Gasteiger partial charge is 0.294 e. The van der Waals surface area contributed by atoms with Crippen molar-refractivity contribution in [2.24, 2.45) is 0 Å². The molecule has 8 heteroatoms. The van der Waals surface area contributed by atoms with E-state index >= 15 is 0 Å². The Balaban J connectivity index is 1.36. The van der Waals surface area contributed by atoms with Crippen LogP contribution in [0, 0.1) is 0 Å². The molecule has 28 heavy (non-hydrogen) atoms. The van der Waals surface area contributed by atoms with Gasteiger partial charge in [0.2, 0.25) is 12.7 Å². The summed E-state index contributed by atoms with van der Waals surface area (Å²) in [6.45, 7) is 0.119. The molecule has 2 heterocycles. The average molecular weight is 396 g/mol. The van der Waals surface area contributed by atoms with Crippen LogP contribution in [0.4, 0.5) is 4.79 Å². The minimum absolute atomic E-state index is 0.181. The Morgan fingerprint density at radius 3 is 2.71 bits per heavy atom. The van der Waals surface area contributed by atoms with Crippen LogP contribution in [0.1, 0.15) is 11.1 Å². The van der Waals surface area contributed by atoms with Crippen LogP contribution in [-0.2, 0) is 16.1 Å². The molecule has 0 atom stereocenters. The second kappa shape index (κ2) is 7.77. The molecule has 3 amide bonds. The Morgan fingerprint density at radius 1 is 1.11 bits per heavy atom. The number of amides is 3. The number of carbonyl (C=O) groups excluding carboxylic acids is 3. The average Bonchev–Trinajstić information content (AvgIpc) is 3.27. The Labute approximate surface area is 165 Å². The first-order valence-corrected chi connectivity index (χ1v) is 9.37. The van der Waals surface area contributed by atoms with Crippen molar-refractivity contribution in [3.05, 3.63) is 64.6 Å². The van der Waals surface area contributed by atoms with Gasteiger partial charge in [0, 0.05) is 6.54 Å². The third kappa shape index (κ3) is 3.86. The van der Waals surface area contributed by atoms with Crippen molar-refractivity contribution < 1.29 is 23.9 Å². The minimum Gasteiger partial charge on any atom is -0.454 e. The van der Waals surface area contributed by atoms with E-state index < -0.39 is 17.1 Å². The van der Waals surface area contributed by atoms with Crippen molar-refractivity contribution in [3.63, 3.8) is 0 Å². The van der Waals surface area contributed by atoms with E-state index in [2.05, 4.69) is 5.32 Å². The lowest BCUT2D eigenvalue weighted by Crippen LogP contribution is -2.39. The third-order valence-electron chi connectivity index (χ3n) is 4.20. The van der Waals surface area contributed by atoms with Crippen LogP contribution in [0.2, 0.25) is 0 Å².